The number of pyridine rings is 1. The summed E-state index contributed by atoms with van der Waals surface area (Å²) in [6.45, 7) is 3.37. The van der Waals surface area contributed by atoms with Gasteiger partial charge in [-0.25, -0.2) is 4.98 Å². The van der Waals surface area contributed by atoms with Crippen LogP contribution in [0.2, 0.25) is 0 Å². The third-order valence-electron chi connectivity index (χ3n) is 3.37. The Hall–Kier alpha value is -1.25. The van der Waals surface area contributed by atoms with E-state index in [0.717, 1.165) is 12.2 Å². The van der Waals surface area contributed by atoms with Gasteiger partial charge in [-0.3, -0.25) is 0 Å². The summed E-state index contributed by atoms with van der Waals surface area (Å²) >= 11 is 0. The maximum Gasteiger partial charge on any atom is 0.146 e. The Morgan fingerprint density at radius 1 is 1.50 bits per heavy atom. The molecule has 0 aliphatic carbocycles. The van der Waals surface area contributed by atoms with E-state index in [9.17, 15) is 0 Å². The van der Waals surface area contributed by atoms with E-state index in [1.54, 1.807) is 6.20 Å². The number of hydrogen-bond donors (Lipinski definition) is 1. The lowest BCUT2D eigenvalue weighted by atomic mass is 9.97. The van der Waals surface area contributed by atoms with Gasteiger partial charge in [0.15, 0.2) is 0 Å². The first-order chi connectivity index (χ1) is 7.83. The number of rotatable bonds is 3. The number of nitrogens with zero attached hydrogens (tertiary/aromatic N) is 2. The van der Waals surface area contributed by atoms with Gasteiger partial charge < -0.3 is 10.6 Å². The third-order valence-corrected chi connectivity index (χ3v) is 3.37. The lowest BCUT2D eigenvalue weighted by Gasteiger charge is -2.37. The molecule has 3 nitrogen and oxygen atoms in total. The van der Waals surface area contributed by atoms with Crippen molar-refractivity contribution in [3.63, 3.8) is 0 Å². The van der Waals surface area contributed by atoms with E-state index < -0.39 is 0 Å². The third kappa shape index (κ3) is 2.29. The maximum absolute atomic E-state index is 5.96. The molecule has 16 heavy (non-hydrogen) atoms. The summed E-state index contributed by atoms with van der Waals surface area (Å²) in [5.41, 5.74) is 7.08. The molecule has 3 heteroatoms. The minimum Gasteiger partial charge on any atom is -0.382 e. The maximum atomic E-state index is 5.96. The molecule has 1 atom stereocenters. The van der Waals surface area contributed by atoms with Crippen molar-refractivity contribution in [2.45, 2.75) is 45.1 Å². The molecule has 0 radical (unpaired) electrons. The summed E-state index contributed by atoms with van der Waals surface area (Å²) in [4.78, 5) is 6.64. The van der Waals surface area contributed by atoms with Crippen LogP contribution in [0.25, 0.3) is 0 Å². The van der Waals surface area contributed by atoms with E-state index in [4.69, 9.17) is 5.73 Å². The van der Waals surface area contributed by atoms with Crippen molar-refractivity contribution < 1.29 is 0 Å². The van der Waals surface area contributed by atoms with Crippen LogP contribution in [0.3, 0.4) is 0 Å². The van der Waals surface area contributed by atoms with Crippen molar-refractivity contribution in [2.75, 3.05) is 17.2 Å². The minimum atomic E-state index is 0.658. The number of nitrogen functional groups attached to an aromatic ring is 1. The highest BCUT2D eigenvalue weighted by Gasteiger charge is 2.23. The molecule has 1 unspecified atom stereocenters. The molecule has 88 valence electrons. The summed E-state index contributed by atoms with van der Waals surface area (Å²) in [5, 5.41) is 0. The zero-order chi connectivity index (χ0) is 11.4. The van der Waals surface area contributed by atoms with E-state index in [0.29, 0.717) is 11.9 Å². The van der Waals surface area contributed by atoms with E-state index >= 15 is 0 Å². The standard InChI is InChI=1S/C13H21N3/c1-2-6-11-7-3-4-10-16(11)12-8-5-9-15-13(12)14/h5,8-9,11H,2-4,6-7,10H2,1H3,(H2,14,15). The van der Waals surface area contributed by atoms with E-state index in [2.05, 4.69) is 22.9 Å². The highest BCUT2D eigenvalue weighted by molar-refractivity contribution is 5.63. The molecule has 2 rings (SSSR count). The van der Waals surface area contributed by atoms with E-state index in [1.165, 1.54) is 32.1 Å². The van der Waals surface area contributed by atoms with Crippen LogP contribution in [0.5, 0.6) is 0 Å². The fraction of sp³-hybridized carbons (Fsp3) is 0.615. The van der Waals surface area contributed by atoms with Gasteiger partial charge in [0.1, 0.15) is 5.82 Å². The van der Waals surface area contributed by atoms with Crippen LogP contribution < -0.4 is 10.6 Å². The van der Waals surface area contributed by atoms with Crippen LogP contribution in [0.1, 0.15) is 39.0 Å². The number of hydrogen-bond acceptors (Lipinski definition) is 3. The summed E-state index contributed by atoms with van der Waals surface area (Å²) in [5.74, 6) is 0.672. The van der Waals surface area contributed by atoms with Crippen molar-refractivity contribution >= 4 is 11.5 Å². The van der Waals surface area contributed by atoms with Gasteiger partial charge in [0.25, 0.3) is 0 Å². The molecular formula is C13H21N3. The molecular weight excluding hydrogens is 198 g/mol. The molecule has 0 saturated carbocycles. The first kappa shape index (κ1) is 11.2. The topological polar surface area (TPSA) is 42.2 Å². The number of piperidine rings is 1. The average molecular weight is 219 g/mol. The molecule has 2 N–H and O–H groups in total. The Bertz CT molecular complexity index is 336. The molecule has 0 aromatic carbocycles. The predicted octanol–water partition coefficient (Wildman–Crippen LogP) is 2.82. The van der Waals surface area contributed by atoms with Crippen LogP contribution in [-0.4, -0.2) is 17.6 Å². The molecule has 0 spiro atoms. The van der Waals surface area contributed by atoms with Gasteiger partial charge in [-0.05, 0) is 37.8 Å². The summed E-state index contributed by atoms with van der Waals surface area (Å²) in [6.07, 6.45) is 8.17. The quantitative estimate of drug-likeness (QED) is 0.850. The molecule has 1 aliphatic heterocycles. The van der Waals surface area contributed by atoms with Crippen LogP contribution in [0, 0.1) is 0 Å². The van der Waals surface area contributed by atoms with Crippen molar-refractivity contribution in [3.8, 4) is 0 Å². The lowest BCUT2D eigenvalue weighted by molar-refractivity contribution is 0.435. The van der Waals surface area contributed by atoms with Crippen molar-refractivity contribution in [2.24, 2.45) is 0 Å². The van der Waals surface area contributed by atoms with Crippen molar-refractivity contribution in [3.05, 3.63) is 18.3 Å². The lowest BCUT2D eigenvalue weighted by Crippen LogP contribution is -2.39. The van der Waals surface area contributed by atoms with Crippen LogP contribution in [-0.2, 0) is 0 Å². The zero-order valence-electron chi connectivity index (χ0n) is 10.0. The normalized spacial score (nSPS) is 21.1. The van der Waals surface area contributed by atoms with E-state index in [1.807, 2.05) is 6.07 Å². The van der Waals surface area contributed by atoms with Crippen LogP contribution >= 0.6 is 0 Å². The fourth-order valence-electron chi connectivity index (χ4n) is 2.60. The smallest absolute Gasteiger partial charge is 0.146 e. The molecule has 1 aromatic rings. The molecule has 1 fully saturated rings. The first-order valence-electron chi connectivity index (χ1n) is 6.30. The Balaban J connectivity index is 2.19. The second-order valence-corrected chi connectivity index (χ2v) is 4.54. The van der Waals surface area contributed by atoms with Gasteiger partial charge in [-0.2, -0.15) is 0 Å². The SMILES string of the molecule is CCCC1CCCCN1c1cccnc1N. The van der Waals surface area contributed by atoms with Crippen LogP contribution in [0.4, 0.5) is 11.5 Å². The van der Waals surface area contributed by atoms with Gasteiger partial charge >= 0.3 is 0 Å². The minimum absolute atomic E-state index is 0.658. The van der Waals surface area contributed by atoms with Gasteiger partial charge in [0, 0.05) is 18.8 Å². The average Bonchev–Trinajstić information content (AvgIpc) is 2.31. The van der Waals surface area contributed by atoms with Gasteiger partial charge in [-0.15, -0.1) is 0 Å². The Morgan fingerprint density at radius 3 is 3.12 bits per heavy atom. The largest absolute Gasteiger partial charge is 0.382 e. The highest BCUT2D eigenvalue weighted by Crippen LogP contribution is 2.29. The summed E-state index contributed by atoms with van der Waals surface area (Å²) in [7, 11) is 0. The van der Waals surface area contributed by atoms with Crippen molar-refractivity contribution in [1.82, 2.24) is 4.98 Å². The molecule has 2 heterocycles. The monoisotopic (exact) mass is 219 g/mol. The summed E-state index contributed by atoms with van der Waals surface area (Å²) in [6, 6.07) is 4.73. The van der Waals surface area contributed by atoms with Crippen LogP contribution in [0.15, 0.2) is 18.3 Å². The highest BCUT2D eigenvalue weighted by atomic mass is 15.2. The predicted molar refractivity (Wildman–Crippen MR) is 68.5 cm³/mol. The fourth-order valence-corrected chi connectivity index (χ4v) is 2.60. The molecule has 1 aromatic heterocycles. The second-order valence-electron chi connectivity index (χ2n) is 4.54. The number of anilines is 2. The van der Waals surface area contributed by atoms with Crippen molar-refractivity contribution in [1.29, 1.82) is 0 Å². The number of aromatic nitrogens is 1. The zero-order valence-corrected chi connectivity index (χ0v) is 10.0. The second kappa shape index (κ2) is 5.19. The van der Waals surface area contributed by atoms with Gasteiger partial charge in [0.05, 0.1) is 5.69 Å². The molecule has 0 amide bonds. The van der Waals surface area contributed by atoms with E-state index in [-0.39, 0.29) is 0 Å². The Morgan fingerprint density at radius 2 is 2.38 bits per heavy atom. The Labute approximate surface area is 97.7 Å². The molecule has 1 saturated heterocycles. The molecule has 1 aliphatic rings. The van der Waals surface area contributed by atoms with Gasteiger partial charge in [0.2, 0.25) is 0 Å². The number of nitrogens with two attached hydrogens (primary N) is 1. The first-order valence-corrected chi connectivity index (χ1v) is 6.30. The molecule has 0 bridgehead atoms. The van der Waals surface area contributed by atoms with Gasteiger partial charge in [-0.1, -0.05) is 13.3 Å². The Kier molecular flexibility index (Phi) is 3.65. The summed E-state index contributed by atoms with van der Waals surface area (Å²) < 4.78 is 0.